The van der Waals surface area contributed by atoms with Gasteiger partial charge in [-0.3, -0.25) is 0 Å². The van der Waals surface area contributed by atoms with Crippen LogP contribution < -0.4 is 4.74 Å². The molecule has 1 nitrogen and oxygen atoms in total. The highest BCUT2D eigenvalue weighted by molar-refractivity contribution is 6.22. The number of methoxy groups -OCH3 is 1. The Morgan fingerprint density at radius 1 is 1.00 bits per heavy atom. The van der Waals surface area contributed by atoms with Crippen LogP contribution in [-0.2, 0) is 5.41 Å². The van der Waals surface area contributed by atoms with Gasteiger partial charge in [-0.25, -0.2) is 0 Å². The highest BCUT2D eigenvalue weighted by Crippen LogP contribution is 2.33. The molecule has 21 heavy (non-hydrogen) atoms. The third-order valence-corrected chi connectivity index (χ3v) is 4.31. The third kappa shape index (κ3) is 3.59. The van der Waals surface area contributed by atoms with Gasteiger partial charge in [-0.05, 0) is 46.7 Å². The molecule has 112 valence electrons. The van der Waals surface area contributed by atoms with Crippen molar-refractivity contribution in [3.05, 3.63) is 64.7 Å². The second kappa shape index (κ2) is 6.11. The Morgan fingerprint density at radius 3 is 2.10 bits per heavy atom. The first-order chi connectivity index (χ1) is 9.82. The van der Waals surface area contributed by atoms with Gasteiger partial charge >= 0.3 is 0 Å². The van der Waals surface area contributed by atoms with Crippen molar-refractivity contribution in [2.75, 3.05) is 7.11 Å². The Kier molecular flexibility index (Phi) is 4.63. The van der Waals surface area contributed by atoms with Gasteiger partial charge in [-0.15, -0.1) is 11.6 Å². The van der Waals surface area contributed by atoms with Crippen molar-refractivity contribution in [3.8, 4) is 5.75 Å². The van der Waals surface area contributed by atoms with E-state index < -0.39 is 0 Å². The highest BCUT2D eigenvalue weighted by Gasteiger charge is 2.16. The Labute approximate surface area is 132 Å². The number of alkyl halides is 1. The monoisotopic (exact) mass is 302 g/mol. The minimum atomic E-state index is -0.134. The molecule has 0 heterocycles. The molecule has 2 aromatic rings. The minimum Gasteiger partial charge on any atom is -0.497 e. The fraction of sp³-hybridized carbons (Fsp3) is 0.368. The molecule has 0 amide bonds. The Hall–Kier alpha value is -1.47. The van der Waals surface area contributed by atoms with Crippen molar-refractivity contribution < 1.29 is 4.74 Å². The molecule has 0 aliphatic rings. The lowest BCUT2D eigenvalue weighted by atomic mass is 9.86. The topological polar surface area (TPSA) is 9.23 Å². The number of rotatable bonds is 3. The fourth-order valence-electron chi connectivity index (χ4n) is 2.39. The van der Waals surface area contributed by atoms with Gasteiger partial charge in [0.2, 0.25) is 0 Å². The number of halogens is 1. The average molecular weight is 303 g/mol. The maximum atomic E-state index is 6.66. The summed E-state index contributed by atoms with van der Waals surface area (Å²) in [6, 6.07) is 14.6. The molecule has 0 spiro atoms. The Balaban J connectivity index is 2.30. The minimum absolute atomic E-state index is 0.134. The van der Waals surface area contributed by atoms with Crippen molar-refractivity contribution in [3.63, 3.8) is 0 Å². The summed E-state index contributed by atoms with van der Waals surface area (Å²) in [7, 11) is 1.68. The van der Waals surface area contributed by atoms with E-state index in [1.807, 2.05) is 18.2 Å². The van der Waals surface area contributed by atoms with Gasteiger partial charge in [0.1, 0.15) is 5.75 Å². The van der Waals surface area contributed by atoms with Crippen LogP contribution in [0.4, 0.5) is 0 Å². The smallest absolute Gasteiger partial charge is 0.119 e. The number of ether oxygens (including phenoxy) is 1. The summed E-state index contributed by atoms with van der Waals surface area (Å²) in [5.41, 5.74) is 4.88. The summed E-state index contributed by atoms with van der Waals surface area (Å²) < 4.78 is 5.25. The maximum absolute atomic E-state index is 6.66. The first-order valence-electron chi connectivity index (χ1n) is 7.22. The van der Waals surface area contributed by atoms with Gasteiger partial charge in [-0.1, -0.05) is 51.1 Å². The van der Waals surface area contributed by atoms with E-state index in [1.165, 1.54) is 5.56 Å². The van der Waals surface area contributed by atoms with Gasteiger partial charge in [0.25, 0.3) is 0 Å². The lowest BCUT2D eigenvalue weighted by Crippen LogP contribution is -2.10. The average Bonchev–Trinajstić information content (AvgIpc) is 2.45. The first-order valence-corrected chi connectivity index (χ1v) is 7.65. The van der Waals surface area contributed by atoms with Crippen LogP contribution in [0.2, 0.25) is 0 Å². The van der Waals surface area contributed by atoms with Crippen LogP contribution in [0.5, 0.6) is 5.75 Å². The summed E-state index contributed by atoms with van der Waals surface area (Å²) in [6.45, 7) is 8.71. The second-order valence-corrected chi connectivity index (χ2v) is 6.89. The van der Waals surface area contributed by atoms with Crippen molar-refractivity contribution in [2.24, 2.45) is 0 Å². The van der Waals surface area contributed by atoms with Crippen LogP contribution in [0.15, 0.2) is 42.5 Å². The molecular weight excluding hydrogens is 280 g/mol. The maximum Gasteiger partial charge on any atom is 0.119 e. The predicted molar refractivity (Wildman–Crippen MR) is 90.6 cm³/mol. The van der Waals surface area contributed by atoms with E-state index >= 15 is 0 Å². The third-order valence-electron chi connectivity index (χ3n) is 3.82. The summed E-state index contributed by atoms with van der Waals surface area (Å²) in [4.78, 5) is 0. The lowest BCUT2D eigenvalue weighted by molar-refractivity contribution is 0.414. The quantitative estimate of drug-likeness (QED) is 0.668. The molecule has 0 saturated heterocycles. The van der Waals surface area contributed by atoms with E-state index in [0.29, 0.717) is 0 Å². The van der Waals surface area contributed by atoms with E-state index in [-0.39, 0.29) is 10.8 Å². The van der Waals surface area contributed by atoms with E-state index in [9.17, 15) is 0 Å². The van der Waals surface area contributed by atoms with Gasteiger partial charge in [0.05, 0.1) is 12.5 Å². The molecular formula is C19H23ClO. The van der Waals surface area contributed by atoms with Crippen LogP contribution in [0.1, 0.15) is 48.4 Å². The molecule has 0 saturated carbocycles. The largest absolute Gasteiger partial charge is 0.497 e. The fourth-order valence-corrected chi connectivity index (χ4v) is 2.78. The number of benzene rings is 2. The van der Waals surface area contributed by atoms with Crippen LogP contribution in [0, 0.1) is 6.92 Å². The molecule has 2 rings (SSSR count). The predicted octanol–water partition coefficient (Wildman–Crippen LogP) is 5.63. The highest BCUT2D eigenvalue weighted by atomic mass is 35.5. The van der Waals surface area contributed by atoms with E-state index in [0.717, 1.165) is 22.4 Å². The van der Waals surface area contributed by atoms with Crippen LogP contribution in [0.25, 0.3) is 0 Å². The molecule has 0 aliphatic heterocycles. The van der Waals surface area contributed by atoms with Gasteiger partial charge in [0.15, 0.2) is 0 Å². The van der Waals surface area contributed by atoms with Gasteiger partial charge in [-0.2, -0.15) is 0 Å². The molecule has 1 atom stereocenters. The zero-order chi connectivity index (χ0) is 15.6. The summed E-state index contributed by atoms with van der Waals surface area (Å²) >= 11 is 6.66. The molecule has 0 radical (unpaired) electrons. The molecule has 0 bridgehead atoms. The normalized spacial score (nSPS) is 13.0. The van der Waals surface area contributed by atoms with Gasteiger partial charge in [0, 0.05) is 0 Å². The van der Waals surface area contributed by atoms with Crippen molar-refractivity contribution in [1.29, 1.82) is 0 Å². The molecule has 0 aromatic heterocycles. The van der Waals surface area contributed by atoms with Gasteiger partial charge < -0.3 is 4.74 Å². The summed E-state index contributed by atoms with van der Waals surface area (Å²) in [6.07, 6.45) is 0. The standard InChI is InChI=1S/C19H23ClO/c1-13-12-16(21-5)10-11-17(13)18(20)14-6-8-15(9-7-14)19(2,3)4/h6-12,18H,1-5H3. The van der Waals surface area contributed by atoms with Crippen LogP contribution >= 0.6 is 11.6 Å². The number of hydrogen-bond acceptors (Lipinski definition) is 1. The lowest BCUT2D eigenvalue weighted by Gasteiger charge is -2.20. The van der Waals surface area contributed by atoms with Crippen molar-refractivity contribution >= 4 is 11.6 Å². The van der Waals surface area contributed by atoms with E-state index in [1.54, 1.807) is 7.11 Å². The van der Waals surface area contributed by atoms with Crippen molar-refractivity contribution in [1.82, 2.24) is 0 Å². The molecule has 2 heteroatoms. The molecule has 1 unspecified atom stereocenters. The second-order valence-electron chi connectivity index (χ2n) is 6.46. The first kappa shape index (κ1) is 15.9. The summed E-state index contributed by atoms with van der Waals surface area (Å²) in [5, 5.41) is -0.134. The zero-order valence-corrected chi connectivity index (χ0v) is 14.2. The molecule has 0 N–H and O–H groups in total. The number of hydrogen-bond donors (Lipinski definition) is 0. The van der Waals surface area contributed by atoms with E-state index in [2.05, 4.69) is 52.0 Å². The Morgan fingerprint density at radius 2 is 1.62 bits per heavy atom. The van der Waals surface area contributed by atoms with Crippen molar-refractivity contribution in [2.45, 2.75) is 38.5 Å². The van der Waals surface area contributed by atoms with Crippen LogP contribution in [-0.4, -0.2) is 7.11 Å². The zero-order valence-electron chi connectivity index (χ0n) is 13.4. The van der Waals surface area contributed by atoms with Crippen LogP contribution in [0.3, 0.4) is 0 Å². The molecule has 0 fully saturated rings. The molecule has 2 aromatic carbocycles. The SMILES string of the molecule is COc1ccc(C(Cl)c2ccc(C(C)(C)C)cc2)c(C)c1. The molecule has 0 aliphatic carbocycles. The summed E-state index contributed by atoms with van der Waals surface area (Å²) in [5.74, 6) is 0.864. The van der Waals surface area contributed by atoms with E-state index in [4.69, 9.17) is 16.3 Å². The Bertz CT molecular complexity index is 608. The number of aryl methyl sites for hydroxylation is 1.